The molecule has 118 valence electrons. The molecule has 0 radical (unpaired) electrons. The van der Waals surface area contributed by atoms with Crippen molar-refractivity contribution in [2.45, 2.75) is 65.0 Å². The fourth-order valence-corrected chi connectivity index (χ4v) is 3.45. The summed E-state index contributed by atoms with van der Waals surface area (Å²) in [4.78, 5) is 32.6. The minimum Gasteiger partial charge on any atom is -0.314 e. The van der Waals surface area contributed by atoms with E-state index in [0.717, 1.165) is 6.42 Å². The Balaban J connectivity index is 1.94. The summed E-state index contributed by atoms with van der Waals surface area (Å²) in [6.45, 7) is 11.4. The van der Waals surface area contributed by atoms with E-state index >= 15 is 0 Å². The highest BCUT2D eigenvalue weighted by Gasteiger charge is 2.60. The molecule has 3 saturated heterocycles. The predicted molar refractivity (Wildman–Crippen MR) is 78.1 cm³/mol. The molecule has 0 aromatic rings. The van der Waals surface area contributed by atoms with Gasteiger partial charge in [0.05, 0.1) is 13.3 Å². The molecular formula is C14H25N5O2. The van der Waals surface area contributed by atoms with E-state index in [9.17, 15) is 9.59 Å². The van der Waals surface area contributed by atoms with Gasteiger partial charge in [-0.2, -0.15) is 0 Å². The van der Waals surface area contributed by atoms with Crippen LogP contribution in [-0.4, -0.2) is 68.9 Å². The standard InChI is InChI=1S/C14H25N5O2/c1-6-9(2)16-7-17-11-10(15-12(17)20)19(14(3,4)5)13(21)18(11)8-16/h9-11H,6-8H2,1-5H3,(H,15,20)/t9-,10-,11+/m0/s1. The molecule has 0 bridgehead atoms. The molecule has 4 amide bonds. The number of urea groups is 2. The van der Waals surface area contributed by atoms with Crippen LogP contribution in [0.3, 0.4) is 0 Å². The van der Waals surface area contributed by atoms with Crippen LogP contribution in [0, 0.1) is 0 Å². The van der Waals surface area contributed by atoms with Gasteiger partial charge in [-0.05, 0) is 34.1 Å². The van der Waals surface area contributed by atoms with Gasteiger partial charge in [0, 0.05) is 11.6 Å². The summed E-state index contributed by atoms with van der Waals surface area (Å²) >= 11 is 0. The number of hydrogen-bond donors (Lipinski definition) is 1. The van der Waals surface area contributed by atoms with Crippen LogP contribution in [0.2, 0.25) is 0 Å². The second-order valence-corrected chi connectivity index (χ2v) is 7.20. The third kappa shape index (κ3) is 1.97. The molecule has 3 aliphatic heterocycles. The predicted octanol–water partition coefficient (Wildman–Crippen LogP) is 1.23. The highest BCUT2D eigenvalue weighted by atomic mass is 16.2. The highest BCUT2D eigenvalue weighted by Crippen LogP contribution is 2.36. The van der Waals surface area contributed by atoms with Crippen molar-refractivity contribution < 1.29 is 9.59 Å². The quantitative estimate of drug-likeness (QED) is 0.833. The summed E-state index contributed by atoms with van der Waals surface area (Å²) in [5, 5.41) is 2.98. The van der Waals surface area contributed by atoms with Crippen molar-refractivity contribution in [3.05, 3.63) is 0 Å². The van der Waals surface area contributed by atoms with E-state index in [1.54, 1.807) is 9.80 Å². The van der Waals surface area contributed by atoms with Crippen LogP contribution in [0.5, 0.6) is 0 Å². The maximum atomic E-state index is 12.8. The Morgan fingerprint density at radius 3 is 2.43 bits per heavy atom. The van der Waals surface area contributed by atoms with Crippen LogP contribution in [-0.2, 0) is 0 Å². The molecule has 0 aliphatic carbocycles. The molecule has 3 fully saturated rings. The molecule has 3 rings (SSSR count). The summed E-state index contributed by atoms with van der Waals surface area (Å²) in [5.41, 5.74) is -0.316. The zero-order chi connectivity index (χ0) is 15.5. The molecule has 0 spiro atoms. The summed E-state index contributed by atoms with van der Waals surface area (Å²) in [6.07, 6.45) is 0.572. The van der Waals surface area contributed by atoms with Gasteiger partial charge in [-0.1, -0.05) is 6.92 Å². The molecule has 3 heterocycles. The fraction of sp³-hybridized carbons (Fsp3) is 0.857. The van der Waals surface area contributed by atoms with E-state index in [1.807, 2.05) is 25.7 Å². The zero-order valence-electron chi connectivity index (χ0n) is 13.5. The van der Waals surface area contributed by atoms with Crippen LogP contribution in [0.25, 0.3) is 0 Å². The van der Waals surface area contributed by atoms with Gasteiger partial charge in [-0.3, -0.25) is 19.6 Å². The zero-order valence-corrected chi connectivity index (χ0v) is 13.5. The van der Waals surface area contributed by atoms with Gasteiger partial charge in [-0.25, -0.2) is 9.59 Å². The van der Waals surface area contributed by atoms with E-state index in [1.165, 1.54) is 0 Å². The van der Waals surface area contributed by atoms with Crippen molar-refractivity contribution in [2.75, 3.05) is 13.3 Å². The van der Waals surface area contributed by atoms with Crippen molar-refractivity contribution in [2.24, 2.45) is 0 Å². The topological polar surface area (TPSA) is 59.1 Å². The SMILES string of the molecule is CC[C@H](C)N1CN2C(=O)N[C@@H]3[C@H]2N(C1)C(=O)N3C(C)(C)C. The molecule has 0 aromatic heterocycles. The molecule has 3 aliphatic rings. The van der Waals surface area contributed by atoms with Gasteiger partial charge >= 0.3 is 12.1 Å². The van der Waals surface area contributed by atoms with Crippen LogP contribution < -0.4 is 5.32 Å². The lowest BCUT2D eigenvalue weighted by atomic mass is 10.1. The summed E-state index contributed by atoms with van der Waals surface area (Å²) in [5.74, 6) is 0. The second-order valence-electron chi connectivity index (χ2n) is 7.20. The molecule has 7 nitrogen and oxygen atoms in total. The van der Waals surface area contributed by atoms with Crippen LogP contribution in [0.15, 0.2) is 0 Å². The Labute approximate surface area is 125 Å². The molecule has 21 heavy (non-hydrogen) atoms. The molecule has 0 aromatic carbocycles. The lowest BCUT2D eigenvalue weighted by Crippen LogP contribution is -2.61. The van der Waals surface area contributed by atoms with Gasteiger partial charge in [-0.15, -0.1) is 0 Å². The third-order valence-corrected chi connectivity index (χ3v) is 4.79. The lowest BCUT2D eigenvalue weighted by molar-refractivity contribution is -0.0293. The van der Waals surface area contributed by atoms with E-state index in [0.29, 0.717) is 19.4 Å². The highest BCUT2D eigenvalue weighted by molar-refractivity contribution is 5.85. The Morgan fingerprint density at radius 1 is 1.24 bits per heavy atom. The van der Waals surface area contributed by atoms with Crippen LogP contribution in [0.4, 0.5) is 9.59 Å². The van der Waals surface area contributed by atoms with Crippen molar-refractivity contribution >= 4 is 12.1 Å². The molecular weight excluding hydrogens is 270 g/mol. The van der Waals surface area contributed by atoms with Gasteiger partial charge in [0.25, 0.3) is 0 Å². The first-order valence-electron chi connectivity index (χ1n) is 7.67. The van der Waals surface area contributed by atoms with Crippen LogP contribution in [0.1, 0.15) is 41.0 Å². The summed E-state index contributed by atoms with van der Waals surface area (Å²) in [6, 6.07) is 0.273. The van der Waals surface area contributed by atoms with Gasteiger partial charge in [0.15, 0.2) is 6.17 Å². The lowest BCUT2D eigenvalue weighted by Gasteiger charge is -2.43. The minimum absolute atomic E-state index is 0.00973. The first-order chi connectivity index (χ1) is 9.75. The Kier molecular flexibility index (Phi) is 3.09. The largest absolute Gasteiger partial charge is 0.325 e. The first kappa shape index (κ1) is 14.4. The number of amides is 4. The van der Waals surface area contributed by atoms with Crippen molar-refractivity contribution in [3.63, 3.8) is 0 Å². The average Bonchev–Trinajstić information content (AvgIpc) is 2.87. The maximum absolute atomic E-state index is 12.8. The van der Waals surface area contributed by atoms with Crippen LogP contribution >= 0.6 is 0 Å². The van der Waals surface area contributed by atoms with Crippen molar-refractivity contribution in [1.82, 2.24) is 24.9 Å². The number of nitrogens with zero attached hydrogens (tertiary/aromatic N) is 4. The normalized spacial score (nSPS) is 30.8. The number of carbonyl (C=O) groups is 2. The van der Waals surface area contributed by atoms with Gasteiger partial charge in [0.1, 0.15) is 6.17 Å². The average molecular weight is 295 g/mol. The summed E-state index contributed by atoms with van der Waals surface area (Å²) < 4.78 is 0. The first-order valence-corrected chi connectivity index (χ1v) is 7.67. The minimum atomic E-state index is -0.316. The molecule has 7 heteroatoms. The second kappa shape index (κ2) is 4.50. The fourth-order valence-electron chi connectivity index (χ4n) is 3.45. The molecule has 3 atom stereocenters. The Bertz CT molecular complexity index is 474. The molecule has 1 N–H and O–H groups in total. The van der Waals surface area contributed by atoms with Gasteiger partial charge < -0.3 is 5.32 Å². The van der Waals surface area contributed by atoms with Crippen molar-refractivity contribution in [3.8, 4) is 0 Å². The molecule has 0 saturated carbocycles. The monoisotopic (exact) mass is 295 g/mol. The smallest absolute Gasteiger partial charge is 0.314 e. The summed E-state index contributed by atoms with van der Waals surface area (Å²) in [7, 11) is 0. The van der Waals surface area contributed by atoms with Gasteiger partial charge in [0.2, 0.25) is 0 Å². The van der Waals surface area contributed by atoms with E-state index in [2.05, 4.69) is 24.1 Å². The number of carbonyl (C=O) groups excluding carboxylic acids is 2. The number of rotatable bonds is 2. The maximum Gasteiger partial charge on any atom is 0.325 e. The number of hydrogen-bond acceptors (Lipinski definition) is 3. The van der Waals surface area contributed by atoms with E-state index in [4.69, 9.17) is 0 Å². The third-order valence-electron chi connectivity index (χ3n) is 4.79. The number of nitrogens with one attached hydrogen (secondary N) is 1. The Morgan fingerprint density at radius 2 is 1.86 bits per heavy atom. The molecule has 0 unspecified atom stereocenters. The van der Waals surface area contributed by atoms with Crippen molar-refractivity contribution in [1.29, 1.82) is 0 Å². The Hall–Kier alpha value is -1.50. The van der Waals surface area contributed by atoms with E-state index < -0.39 is 0 Å². The van der Waals surface area contributed by atoms with E-state index in [-0.39, 0.29) is 29.9 Å².